The van der Waals surface area contributed by atoms with Crippen LogP contribution < -0.4 is 11.1 Å². The minimum Gasteiger partial charge on any atom is -0.340 e. The average Bonchev–Trinajstić information content (AvgIpc) is 2.42. The fraction of sp³-hybridized carbons (Fsp3) is 0.462. The van der Waals surface area contributed by atoms with Crippen LogP contribution in [0.5, 0.6) is 0 Å². The summed E-state index contributed by atoms with van der Waals surface area (Å²) in [6.45, 7) is 3.67. The third-order valence-corrected chi connectivity index (χ3v) is 3.16. The van der Waals surface area contributed by atoms with Crippen LogP contribution in [0.2, 0.25) is 0 Å². The van der Waals surface area contributed by atoms with Crippen molar-refractivity contribution >= 4 is 5.91 Å². The van der Waals surface area contributed by atoms with E-state index in [1.165, 1.54) is 0 Å². The lowest BCUT2D eigenvalue weighted by Gasteiger charge is -2.30. The van der Waals surface area contributed by atoms with Crippen LogP contribution in [0.1, 0.15) is 11.5 Å². The first-order valence-electron chi connectivity index (χ1n) is 6.07. The summed E-state index contributed by atoms with van der Waals surface area (Å²) < 4.78 is 0. The van der Waals surface area contributed by atoms with E-state index in [1.807, 2.05) is 35.2 Å². The van der Waals surface area contributed by atoms with Crippen LogP contribution in [0.25, 0.3) is 0 Å². The number of nitrogens with zero attached hydrogens (tertiary/aromatic N) is 1. The average molecular weight is 233 g/mol. The van der Waals surface area contributed by atoms with Gasteiger partial charge in [-0.1, -0.05) is 30.3 Å². The standard InChI is InChI=1S/C13H19N3O/c14-10-12(11-4-2-1-3-5-11)13(17)16-8-6-15-7-9-16/h1-5,12,15H,6-10,14H2. The molecule has 0 aromatic heterocycles. The van der Waals surface area contributed by atoms with Gasteiger partial charge in [0, 0.05) is 32.7 Å². The number of hydrogen-bond donors (Lipinski definition) is 2. The SMILES string of the molecule is NCC(C(=O)N1CCNCC1)c1ccccc1. The summed E-state index contributed by atoms with van der Waals surface area (Å²) in [6.07, 6.45) is 0. The van der Waals surface area contributed by atoms with Crippen LogP contribution in [-0.4, -0.2) is 43.5 Å². The number of nitrogens with two attached hydrogens (primary N) is 1. The molecule has 4 nitrogen and oxygen atoms in total. The van der Waals surface area contributed by atoms with Crippen LogP contribution in [0.3, 0.4) is 0 Å². The molecule has 1 unspecified atom stereocenters. The molecule has 1 aliphatic heterocycles. The highest BCUT2D eigenvalue weighted by Gasteiger charge is 2.25. The van der Waals surface area contributed by atoms with E-state index in [4.69, 9.17) is 5.73 Å². The largest absolute Gasteiger partial charge is 0.340 e. The Bertz CT molecular complexity index is 360. The molecule has 3 N–H and O–H groups in total. The molecule has 1 aromatic carbocycles. The molecule has 0 bridgehead atoms. The number of carbonyl (C=O) groups is 1. The summed E-state index contributed by atoms with van der Waals surface area (Å²) in [4.78, 5) is 14.3. The Hall–Kier alpha value is -1.39. The number of benzene rings is 1. The van der Waals surface area contributed by atoms with Crippen molar-refractivity contribution in [3.8, 4) is 0 Å². The molecule has 0 aliphatic carbocycles. The number of carbonyl (C=O) groups excluding carboxylic acids is 1. The van der Waals surface area contributed by atoms with E-state index in [0.29, 0.717) is 6.54 Å². The third-order valence-electron chi connectivity index (χ3n) is 3.16. The van der Waals surface area contributed by atoms with Gasteiger partial charge in [-0.3, -0.25) is 4.79 Å². The first-order chi connectivity index (χ1) is 8.33. The van der Waals surface area contributed by atoms with Gasteiger partial charge in [-0.25, -0.2) is 0 Å². The summed E-state index contributed by atoms with van der Waals surface area (Å²) in [6, 6.07) is 9.79. The molecule has 1 heterocycles. The van der Waals surface area contributed by atoms with Gasteiger partial charge in [0.05, 0.1) is 5.92 Å². The van der Waals surface area contributed by atoms with E-state index in [1.54, 1.807) is 0 Å². The molecule has 17 heavy (non-hydrogen) atoms. The van der Waals surface area contributed by atoms with E-state index in [9.17, 15) is 4.79 Å². The zero-order valence-electron chi connectivity index (χ0n) is 9.93. The second-order valence-corrected chi connectivity index (χ2v) is 4.27. The molecule has 1 aliphatic rings. The van der Waals surface area contributed by atoms with E-state index >= 15 is 0 Å². The van der Waals surface area contributed by atoms with Gasteiger partial charge in [0.25, 0.3) is 0 Å². The molecule has 1 fully saturated rings. The zero-order chi connectivity index (χ0) is 12.1. The summed E-state index contributed by atoms with van der Waals surface area (Å²) in [5, 5.41) is 3.24. The normalized spacial score (nSPS) is 17.8. The molecular formula is C13H19N3O. The van der Waals surface area contributed by atoms with Crippen LogP contribution >= 0.6 is 0 Å². The van der Waals surface area contributed by atoms with E-state index < -0.39 is 0 Å². The highest BCUT2D eigenvalue weighted by atomic mass is 16.2. The highest BCUT2D eigenvalue weighted by molar-refractivity contribution is 5.84. The Morgan fingerprint density at radius 3 is 2.53 bits per heavy atom. The maximum absolute atomic E-state index is 12.3. The Morgan fingerprint density at radius 1 is 1.29 bits per heavy atom. The number of amides is 1. The van der Waals surface area contributed by atoms with Crippen molar-refractivity contribution in [2.75, 3.05) is 32.7 Å². The lowest BCUT2D eigenvalue weighted by molar-refractivity contribution is -0.133. The van der Waals surface area contributed by atoms with Gasteiger partial charge in [0.2, 0.25) is 5.91 Å². The van der Waals surface area contributed by atoms with Crippen LogP contribution in [0.4, 0.5) is 0 Å². The molecule has 1 amide bonds. The maximum atomic E-state index is 12.3. The predicted molar refractivity (Wildman–Crippen MR) is 67.7 cm³/mol. The molecule has 0 radical (unpaired) electrons. The number of hydrogen-bond acceptors (Lipinski definition) is 3. The number of piperazine rings is 1. The van der Waals surface area contributed by atoms with E-state index in [2.05, 4.69) is 5.32 Å². The van der Waals surface area contributed by atoms with Gasteiger partial charge in [0.15, 0.2) is 0 Å². The third kappa shape index (κ3) is 2.84. The van der Waals surface area contributed by atoms with Gasteiger partial charge in [0.1, 0.15) is 0 Å². The Morgan fingerprint density at radius 2 is 1.94 bits per heavy atom. The highest BCUT2D eigenvalue weighted by Crippen LogP contribution is 2.17. The van der Waals surface area contributed by atoms with Gasteiger partial charge in [-0.2, -0.15) is 0 Å². The van der Waals surface area contributed by atoms with Gasteiger partial charge < -0.3 is 16.0 Å². The van der Waals surface area contributed by atoms with Crippen LogP contribution in [-0.2, 0) is 4.79 Å². The van der Waals surface area contributed by atoms with E-state index in [0.717, 1.165) is 31.7 Å². The quantitative estimate of drug-likeness (QED) is 0.782. The topological polar surface area (TPSA) is 58.4 Å². The van der Waals surface area contributed by atoms with Crippen molar-refractivity contribution < 1.29 is 4.79 Å². The fourth-order valence-corrected chi connectivity index (χ4v) is 2.17. The molecule has 0 spiro atoms. The monoisotopic (exact) mass is 233 g/mol. The molecule has 1 aromatic rings. The maximum Gasteiger partial charge on any atom is 0.231 e. The van der Waals surface area contributed by atoms with Crippen molar-refractivity contribution in [1.82, 2.24) is 10.2 Å². The molecule has 2 rings (SSSR count). The minimum absolute atomic E-state index is 0.153. The lowest BCUT2D eigenvalue weighted by atomic mass is 9.97. The Balaban J connectivity index is 2.10. The van der Waals surface area contributed by atoms with Crippen molar-refractivity contribution in [1.29, 1.82) is 0 Å². The van der Waals surface area contributed by atoms with Crippen molar-refractivity contribution in [2.24, 2.45) is 5.73 Å². The Labute approximate surface area is 102 Å². The smallest absolute Gasteiger partial charge is 0.231 e. The summed E-state index contributed by atoms with van der Waals surface area (Å²) in [5.41, 5.74) is 6.76. The molecule has 1 atom stereocenters. The molecule has 1 saturated heterocycles. The van der Waals surface area contributed by atoms with Crippen LogP contribution in [0, 0.1) is 0 Å². The van der Waals surface area contributed by atoms with Crippen molar-refractivity contribution in [2.45, 2.75) is 5.92 Å². The van der Waals surface area contributed by atoms with Gasteiger partial charge in [-0.05, 0) is 5.56 Å². The zero-order valence-corrected chi connectivity index (χ0v) is 9.93. The van der Waals surface area contributed by atoms with Gasteiger partial charge in [-0.15, -0.1) is 0 Å². The van der Waals surface area contributed by atoms with E-state index in [-0.39, 0.29) is 11.8 Å². The molecule has 4 heteroatoms. The molecule has 0 saturated carbocycles. The Kier molecular flexibility index (Phi) is 4.12. The summed E-state index contributed by atoms with van der Waals surface area (Å²) in [5.74, 6) is -0.0468. The van der Waals surface area contributed by atoms with Crippen molar-refractivity contribution in [3.05, 3.63) is 35.9 Å². The second kappa shape index (κ2) is 5.80. The first-order valence-corrected chi connectivity index (χ1v) is 6.07. The summed E-state index contributed by atoms with van der Waals surface area (Å²) >= 11 is 0. The van der Waals surface area contributed by atoms with Gasteiger partial charge >= 0.3 is 0 Å². The summed E-state index contributed by atoms with van der Waals surface area (Å²) in [7, 11) is 0. The number of rotatable bonds is 3. The second-order valence-electron chi connectivity index (χ2n) is 4.27. The fourth-order valence-electron chi connectivity index (χ4n) is 2.17. The minimum atomic E-state index is -0.200. The lowest BCUT2D eigenvalue weighted by Crippen LogP contribution is -2.48. The number of nitrogens with one attached hydrogen (secondary N) is 1. The predicted octanol–water partition coefficient (Wildman–Crippen LogP) is 0.161. The van der Waals surface area contributed by atoms with Crippen molar-refractivity contribution in [3.63, 3.8) is 0 Å². The van der Waals surface area contributed by atoms with Crippen LogP contribution in [0.15, 0.2) is 30.3 Å². The first kappa shape index (κ1) is 12.1. The molecule has 92 valence electrons. The molecular weight excluding hydrogens is 214 g/mol.